The molecule has 9 heteroatoms. The first kappa shape index (κ1) is 24.7. The number of benzene rings is 2. The van der Waals surface area contributed by atoms with E-state index < -0.39 is 0 Å². The number of morpholine rings is 1. The van der Waals surface area contributed by atoms with Crippen LogP contribution in [0.3, 0.4) is 0 Å². The number of nitrogens with two attached hydrogens (primary N) is 1. The third-order valence-electron chi connectivity index (χ3n) is 4.43. The maximum atomic E-state index is 12.3. The number of halogens is 2. The van der Waals surface area contributed by atoms with Gasteiger partial charge in [-0.1, -0.05) is 12.1 Å². The molecule has 0 radical (unpaired) electrons. The normalized spacial score (nSPS) is 13.5. The van der Waals surface area contributed by atoms with E-state index in [-0.39, 0.29) is 36.6 Å². The number of rotatable bonds is 6. The molecule has 0 aromatic heterocycles. The zero-order chi connectivity index (χ0) is 19.1. The molecule has 4 N–H and O–H groups in total. The molecular weight excluding hydrogens is 415 g/mol. The van der Waals surface area contributed by atoms with Crippen molar-refractivity contribution in [1.29, 1.82) is 0 Å². The Morgan fingerprint density at radius 1 is 0.966 bits per heavy atom. The van der Waals surface area contributed by atoms with Gasteiger partial charge < -0.3 is 21.1 Å². The van der Waals surface area contributed by atoms with Gasteiger partial charge in [-0.05, 0) is 36.4 Å². The van der Waals surface area contributed by atoms with Crippen molar-refractivity contribution in [2.24, 2.45) is 0 Å². The predicted octanol–water partition coefficient (Wildman–Crippen LogP) is 2.43. The second-order valence-corrected chi connectivity index (χ2v) is 6.33. The van der Waals surface area contributed by atoms with Crippen LogP contribution in [0.2, 0.25) is 0 Å². The molecule has 2 amide bonds. The highest BCUT2D eigenvalue weighted by atomic mass is 35.5. The summed E-state index contributed by atoms with van der Waals surface area (Å²) in [4.78, 5) is 26.8. The number of para-hydroxylation sites is 1. The van der Waals surface area contributed by atoms with Gasteiger partial charge in [0.1, 0.15) is 0 Å². The molecule has 3 rings (SSSR count). The average Bonchev–Trinajstić information content (AvgIpc) is 2.69. The van der Waals surface area contributed by atoms with E-state index >= 15 is 0 Å². The van der Waals surface area contributed by atoms with Gasteiger partial charge in [0.2, 0.25) is 0 Å². The van der Waals surface area contributed by atoms with Crippen LogP contribution in [0.5, 0.6) is 0 Å². The number of nitrogen functional groups attached to an aromatic ring is 1. The number of nitrogens with zero attached hydrogens (tertiary/aromatic N) is 1. The molecule has 1 saturated heterocycles. The summed E-state index contributed by atoms with van der Waals surface area (Å²) in [5.41, 5.74) is 7.81. The number of ether oxygens (including phenoxy) is 1. The molecule has 29 heavy (non-hydrogen) atoms. The number of nitrogens with one attached hydrogen (secondary N) is 2. The van der Waals surface area contributed by atoms with E-state index in [1.165, 1.54) is 0 Å². The summed E-state index contributed by atoms with van der Waals surface area (Å²) in [6, 6.07) is 13.7. The molecule has 2 aromatic carbocycles. The molecule has 0 aliphatic carbocycles. The molecule has 1 fully saturated rings. The van der Waals surface area contributed by atoms with Crippen LogP contribution < -0.4 is 16.4 Å². The number of carbonyl (C=O) groups is 2. The Morgan fingerprint density at radius 3 is 2.28 bits per heavy atom. The molecule has 1 aliphatic rings. The van der Waals surface area contributed by atoms with Crippen molar-refractivity contribution >= 4 is 48.0 Å². The van der Waals surface area contributed by atoms with E-state index in [2.05, 4.69) is 15.5 Å². The number of hydrogen-bond acceptors (Lipinski definition) is 5. The second-order valence-electron chi connectivity index (χ2n) is 6.33. The third kappa shape index (κ3) is 7.21. The Morgan fingerprint density at radius 2 is 1.62 bits per heavy atom. The van der Waals surface area contributed by atoms with Crippen LogP contribution in [0.15, 0.2) is 48.5 Å². The molecule has 0 saturated carbocycles. The fourth-order valence-electron chi connectivity index (χ4n) is 2.86. The zero-order valence-electron chi connectivity index (χ0n) is 15.9. The molecule has 0 bridgehead atoms. The van der Waals surface area contributed by atoms with Crippen LogP contribution in [-0.2, 0) is 4.74 Å². The van der Waals surface area contributed by atoms with Gasteiger partial charge in [-0.3, -0.25) is 14.5 Å². The van der Waals surface area contributed by atoms with Gasteiger partial charge in [-0.2, -0.15) is 0 Å². The third-order valence-corrected chi connectivity index (χ3v) is 4.43. The van der Waals surface area contributed by atoms with Crippen molar-refractivity contribution in [3.63, 3.8) is 0 Å². The first-order valence-corrected chi connectivity index (χ1v) is 8.98. The van der Waals surface area contributed by atoms with Crippen molar-refractivity contribution < 1.29 is 14.3 Å². The first-order valence-electron chi connectivity index (χ1n) is 8.98. The molecule has 2 aromatic rings. The van der Waals surface area contributed by atoms with Gasteiger partial charge in [-0.15, -0.1) is 24.8 Å². The summed E-state index contributed by atoms with van der Waals surface area (Å²) in [7, 11) is 0. The maximum Gasteiger partial charge on any atom is 0.257 e. The lowest BCUT2D eigenvalue weighted by atomic mass is 10.1. The standard InChI is InChI=1S/C20H24N4O3.2ClH/c21-18-4-2-1-3-17(18)20(26)23-16-7-5-15(6-8-16)19(25)22-9-10-24-11-13-27-14-12-24;;/h1-8H,9-14,21H2,(H,22,25)(H,23,26);2*1H. The van der Waals surface area contributed by atoms with E-state index in [0.29, 0.717) is 29.0 Å². The smallest absolute Gasteiger partial charge is 0.257 e. The van der Waals surface area contributed by atoms with Crippen LogP contribution in [-0.4, -0.2) is 56.1 Å². The van der Waals surface area contributed by atoms with Crippen LogP contribution >= 0.6 is 24.8 Å². The maximum absolute atomic E-state index is 12.3. The SMILES string of the molecule is Cl.Cl.Nc1ccccc1C(=O)Nc1ccc(C(=O)NCCN2CCOCC2)cc1. The summed E-state index contributed by atoms with van der Waals surface area (Å²) in [5, 5.41) is 5.70. The minimum atomic E-state index is -0.282. The van der Waals surface area contributed by atoms with Crippen molar-refractivity contribution in [2.75, 3.05) is 50.4 Å². The molecule has 0 atom stereocenters. The molecule has 1 heterocycles. The molecular formula is C20H26Cl2N4O3. The number of hydrogen-bond donors (Lipinski definition) is 3. The largest absolute Gasteiger partial charge is 0.398 e. The fourth-order valence-corrected chi connectivity index (χ4v) is 2.86. The topological polar surface area (TPSA) is 96.7 Å². The lowest BCUT2D eigenvalue weighted by Crippen LogP contribution is -2.41. The highest BCUT2D eigenvalue weighted by molar-refractivity contribution is 6.07. The highest BCUT2D eigenvalue weighted by Gasteiger charge is 2.12. The van der Waals surface area contributed by atoms with Gasteiger partial charge in [0, 0.05) is 43.1 Å². The number of amides is 2. The zero-order valence-corrected chi connectivity index (χ0v) is 17.6. The van der Waals surface area contributed by atoms with E-state index in [1.54, 1.807) is 48.5 Å². The lowest BCUT2D eigenvalue weighted by molar-refractivity contribution is 0.0383. The van der Waals surface area contributed by atoms with E-state index in [9.17, 15) is 9.59 Å². The van der Waals surface area contributed by atoms with Crippen molar-refractivity contribution in [1.82, 2.24) is 10.2 Å². The average molecular weight is 441 g/mol. The van der Waals surface area contributed by atoms with Crippen molar-refractivity contribution in [2.45, 2.75) is 0 Å². The Labute approximate surface area is 182 Å². The number of anilines is 2. The fraction of sp³-hybridized carbons (Fsp3) is 0.300. The van der Waals surface area contributed by atoms with Crippen molar-refractivity contribution in [3.8, 4) is 0 Å². The molecule has 0 spiro atoms. The Bertz CT molecular complexity index is 797. The Balaban J connectivity index is 0.00000210. The Kier molecular flexibility index (Phi) is 10.5. The van der Waals surface area contributed by atoms with E-state index in [4.69, 9.17) is 10.5 Å². The van der Waals surface area contributed by atoms with Crippen LogP contribution in [0, 0.1) is 0 Å². The molecule has 0 unspecified atom stereocenters. The van der Waals surface area contributed by atoms with Gasteiger partial charge in [0.15, 0.2) is 0 Å². The van der Waals surface area contributed by atoms with E-state index in [1.807, 2.05) is 0 Å². The summed E-state index contributed by atoms with van der Waals surface area (Å²) in [5.74, 6) is -0.413. The Hall–Kier alpha value is -2.32. The predicted molar refractivity (Wildman–Crippen MR) is 119 cm³/mol. The quantitative estimate of drug-likeness (QED) is 0.599. The first-order chi connectivity index (χ1) is 13.1. The van der Waals surface area contributed by atoms with Crippen LogP contribution in [0.4, 0.5) is 11.4 Å². The number of carbonyl (C=O) groups excluding carboxylic acids is 2. The summed E-state index contributed by atoms with van der Waals surface area (Å²) in [6.07, 6.45) is 0. The molecule has 1 aliphatic heterocycles. The van der Waals surface area contributed by atoms with Crippen LogP contribution in [0.1, 0.15) is 20.7 Å². The van der Waals surface area contributed by atoms with Gasteiger partial charge >= 0.3 is 0 Å². The van der Waals surface area contributed by atoms with E-state index in [0.717, 1.165) is 32.8 Å². The van der Waals surface area contributed by atoms with Gasteiger partial charge in [0.05, 0.1) is 18.8 Å². The minimum Gasteiger partial charge on any atom is -0.398 e. The minimum absolute atomic E-state index is 0. The lowest BCUT2D eigenvalue weighted by Gasteiger charge is -2.26. The molecule has 7 nitrogen and oxygen atoms in total. The summed E-state index contributed by atoms with van der Waals surface area (Å²) < 4.78 is 5.30. The monoisotopic (exact) mass is 440 g/mol. The van der Waals surface area contributed by atoms with Gasteiger partial charge in [0.25, 0.3) is 11.8 Å². The molecule has 158 valence electrons. The van der Waals surface area contributed by atoms with Crippen molar-refractivity contribution in [3.05, 3.63) is 59.7 Å². The van der Waals surface area contributed by atoms with Crippen LogP contribution in [0.25, 0.3) is 0 Å². The summed E-state index contributed by atoms with van der Waals surface area (Å²) >= 11 is 0. The second kappa shape index (κ2) is 12.3. The van der Waals surface area contributed by atoms with Gasteiger partial charge in [-0.25, -0.2) is 0 Å². The highest BCUT2D eigenvalue weighted by Crippen LogP contribution is 2.15. The summed E-state index contributed by atoms with van der Waals surface area (Å²) in [6.45, 7) is 4.68.